The first-order valence-corrected chi connectivity index (χ1v) is 17.0. The van der Waals surface area contributed by atoms with E-state index in [1.807, 2.05) is 6.92 Å². The summed E-state index contributed by atoms with van der Waals surface area (Å²) >= 11 is 0. The van der Waals surface area contributed by atoms with Crippen LogP contribution in [0.5, 0.6) is 5.75 Å². The Morgan fingerprint density at radius 2 is 1.60 bits per heavy atom. The van der Waals surface area contributed by atoms with Crippen molar-refractivity contribution in [2.75, 3.05) is 48.4 Å². The maximum absolute atomic E-state index is 13.8. The number of alkyl halides is 3. The van der Waals surface area contributed by atoms with E-state index < -0.39 is 35.8 Å². The van der Waals surface area contributed by atoms with Crippen LogP contribution in [0.3, 0.4) is 0 Å². The Morgan fingerprint density at radius 3 is 2.23 bits per heavy atom. The number of unbranched alkanes of at least 4 members (excludes halogenated alkanes) is 2. The van der Waals surface area contributed by atoms with Gasteiger partial charge >= 0.3 is 12.2 Å². The molecule has 0 radical (unpaired) electrons. The third-order valence-corrected chi connectivity index (χ3v) is 8.76. The van der Waals surface area contributed by atoms with Gasteiger partial charge in [-0.05, 0) is 74.4 Å². The second-order valence-corrected chi connectivity index (χ2v) is 13.0. The number of anilines is 4. The third-order valence-electron chi connectivity index (χ3n) is 8.76. The fourth-order valence-corrected chi connectivity index (χ4v) is 5.63. The van der Waals surface area contributed by atoms with E-state index in [-0.39, 0.29) is 67.3 Å². The van der Waals surface area contributed by atoms with Gasteiger partial charge in [-0.25, -0.2) is 4.79 Å². The van der Waals surface area contributed by atoms with E-state index in [1.54, 1.807) is 43.3 Å². The number of urea groups is 1. The van der Waals surface area contributed by atoms with E-state index in [4.69, 9.17) is 10.5 Å². The first-order chi connectivity index (χ1) is 24.7. The van der Waals surface area contributed by atoms with Crippen LogP contribution in [0.1, 0.15) is 61.9 Å². The summed E-state index contributed by atoms with van der Waals surface area (Å²) in [5.41, 5.74) is 6.78. The van der Waals surface area contributed by atoms with Crippen LogP contribution in [-0.2, 0) is 15.8 Å². The minimum Gasteiger partial charge on any atom is -0.487 e. The van der Waals surface area contributed by atoms with Gasteiger partial charge in [0.05, 0.1) is 41.7 Å². The zero-order valence-electron chi connectivity index (χ0n) is 29.3. The number of ether oxygens (including phenoxy) is 1. The van der Waals surface area contributed by atoms with Gasteiger partial charge in [-0.15, -0.1) is 0 Å². The Balaban J connectivity index is 1.37. The Morgan fingerprint density at radius 1 is 0.962 bits per heavy atom. The molecule has 0 aromatic heterocycles. The smallest absolute Gasteiger partial charge is 0.416 e. The number of carbonyl (C=O) groups excluding carboxylic acids is 4. The lowest BCUT2D eigenvalue weighted by atomic mass is 9.99. The number of nitrogens with one attached hydrogen (secondary N) is 3. The van der Waals surface area contributed by atoms with Crippen LogP contribution in [0.15, 0.2) is 66.7 Å². The van der Waals surface area contributed by atoms with Crippen LogP contribution in [0, 0.1) is 5.92 Å². The number of likely N-dealkylation sites (N-methyl/N-ethyl adjacent to an activating group) is 1. The number of hydrogen-bond acceptors (Lipinski definition) is 7. The molecule has 0 saturated carbocycles. The molecule has 3 aromatic carbocycles. The first kappa shape index (κ1) is 39.5. The molecule has 6 N–H and O–H groups in total. The lowest BCUT2D eigenvalue weighted by molar-refractivity contribution is -0.137. The molecule has 280 valence electrons. The van der Waals surface area contributed by atoms with Crippen LogP contribution in [0.4, 0.5) is 40.7 Å². The molecule has 3 atom stereocenters. The average Bonchev–Trinajstić information content (AvgIpc) is 3.10. The summed E-state index contributed by atoms with van der Waals surface area (Å²) in [5, 5.41) is 18.1. The average molecular weight is 727 g/mol. The number of carbonyl (C=O) groups is 4. The molecule has 0 aliphatic carbocycles. The molecule has 0 bridgehead atoms. The van der Waals surface area contributed by atoms with E-state index in [0.29, 0.717) is 36.3 Å². The van der Waals surface area contributed by atoms with Crippen LogP contribution in [-0.4, -0.2) is 77.5 Å². The van der Waals surface area contributed by atoms with Crippen molar-refractivity contribution in [1.82, 2.24) is 9.80 Å². The fourth-order valence-electron chi connectivity index (χ4n) is 5.63. The highest BCUT2D eigenvalue weighted by Gasteiger charge is 2.34. The minimum atomic E-state index is -4.50. The second-order valence-electron chi connectivity index (χ2n) is 13.0. The molecule has 5 amide bonds. The highest BCUT2D eigenvalue weighted by molar-refractivity contribution is 6.00. The third kappa shape index (κ3) is 10.8. The van der Waals surface area contributed by atoms with Crippen LogP contribution in [0.25, 0.3) is 0 Å². The van der Waals surface area contributed by atoms with E-state index in [9.17, 15) is 37.5 Å². The van der Waals surface area contributed by atoms with Crippen molar-refractivity contribution in [3.05, 3.63) is 77.9 Å². The number of nitrogen functional groups attached to an aromatic ring is 1. The van der Waals surface area contributed by atoms with Crippen molar-refractivity contribution in [2.24, 2.45) is 5.92 Å². The summed E-state index contributed by atoms with van der Waals surface area (Å²) in [4.78, 5) is 54.7. The normalized spacial score (nSPS) is 16.4. The van der Waals surface area contributed by atoms with Crippen molar-refractivity contribution in [3.63, 3.8) is 0 Å². The number of rotatable bonds is 13. The highest BCUT2D eigenvalue weighted by Crippen LogP contribution is 2.32. The Kier molecular flexibility index (Phi) is 13.5. The van der Waals surface area contributed by atoms with Crippen molar-refractivity contribution < 1.29 is 42.2 Å². The number of aliphatic hydroxyl groups is 1. The molecular formula is C37H45F3N6O6. The van der Waals surface area contributed by atoms with Gasteiger partial charge in [-0.2, -0.15) is 13.2 Å². The lowest BCUT2D eigenvalue weighted by Gasteiger charge is -2.38. The van der Waals surface area contributed by atoms with Crippen LogP contribution >= 0.6 is 0 Å². The molecule has 3 aromatic rings. The summed E-state index contributed by atoms with van der Waals surface area (Å²) in [6.45, 7) is 3.50. The molecule has 0 saturated heterocycles. The SMILES string of the molecule is C[C@@H]1CN([C@H](C)CO)C(=O)c2cc(NC(=O)CCCCCC(=O)Nc3ccccc3N)ccc2O[C@H]1CN(C)C(=O)Nc1ccc(C(F)(F)F)cc1. The van der Waals surface area contributed by atoms with Gasteiger partial charge in [-0.1, -0.05) is 25.5 Å². The van der Waals surface area contributed by atoms with Crippen LogP contribution in [0.2, 0.25) is 0 Å². The van der Waals surface area contributed by atoms with Crippen LogP contribution < -0.4 is 26.4 Å². The summed E-state index contributed by atoms with van der Waals surface area (Å²) < 4.78 is 45.1. The van der Waals surface area contributed by atoms with Gasteiger partial charge in [0, 0.05) is 43.7 Å². The summed E-state index contributed by atoms with van der Waals surface area (Å²) in [6.07, 6.45) is -2.88. The molecule has 1 heterocycles. The number of nitrogens with two attached hydrogens (primary N) is 1. The fraction of sp³-hybridized carbons (Fsp3) is 0.405. The number of para-hydroxylation sites is 2. The largest absolute Gasteiger partial charge is 0.487 e. The standard InChI is InChI=1S/C37H45F3N6O6/c1-23-20-46(24(2)22-47)35(50)28-19-27(42-33(48)11-5-4-6-12-34(49)44-30-10-8-7-9-29(30)41)17-18-31(28)52-32(23)21-45(3)36(51)43-26-15-13-25(14-16-26)37(38,39)40/h7-10,13-19,23-24,32,47H,4-6,11-12,20-22,41H2,1-3H3,(H,42,48)(H,43,51)(H,44,49)/t23-,24-,32+/m1/s1. The van der Waals surface area contributed by atoms with Crippen molar-refractivity contribution in [1.29, 1.82) is 0 Å². The number of hydrogen-bond donors (Lipinski definition) is 5. The minimum absolute atomic E-state index is 0.0586. The molecule has 52 heavy (non-hydrogen) atoms. The summed E-state index contributed by atoms with van der Waals surface area (Å²) in [5.74, 6) is -0.921. The summed E-state index contributed by atoms with van der Waals surface area (Å²) in [7, 11) is 1.52. The van der Waals surface area contributed by atoms with Gasteiger partial charge < -0.3 is 41.3 Å². The second kappa shape index (κ2) is 17.8. The van der Waals surface area contributed by atoms with Crippen molar-refractivity contribution >= 4 is 46.5 Å². The van der Waals surface area contributed by atoms with E-state index in [1.165, 1.54) is 35.0 Å². The zero-order chi connectivity index (χ0) is 38.0. The molecule has 0 fully saturated rings. The number of amides is 5. The van der Waals surface area contributed by atoms with Gasteiger partial charge in [0.2, 0.25) is 11.8 Å². The van der Waals surface area contributed by atoms with Gasteiger partial charge in [-0.3, -0.25) is 14.4 Å². The maximum Gasteiger partial charge on any atom is 0.416 e. The predicted molar refractivity (Wildman–Crippen MR) is 192 cm³/mol. The van der Waals surface area contributed by atoms with E-state index in [0.717, 1.165) is 12.1 Å². The number of nitrogens with zero attached hydrogens (tertiary/aromatic N) is 2. The molecule has 4 rings (SSSR count). The Hall–Kier alpha value is -5.31. The molecular weight excluding hydrogens is 681 g/mol. The van der Waals surface area contributed by atoms with Crippen molar-refractivity contribution in [2.45, 2.75) is 64.3 Å². The first-order valence-electron chi connectivity index (χ1n) is 17.0. The highest BCUT2D eigenvalue weighted by atomic mass is 19.4. The Bertz CT molecular complexity index is 1720. The molecule has 15 heteroatoms. The molecule has 1 aliphatic heterocycles. The predicted octanol–water partition coefficient (Wildman–Crippen LogP) is 6.20. The maximum atomic E-state index is 13.8. The molecule has 1 aliphatic rings. The van der Waals surface area contributed by atoms with E-state index >= 15 is 0 Å². The van der Waals surface area contributed by atoms with E-state index in [2.05, 4.69) is 16.0 Å². The van der Waals surface area contributed by atoms with Gasteiger partial charge in [0.15, 0.2) is 0 Å². The molecule has 12 nitrogen and oxygen atoms in total. The zero-order valence-corrected chi connectivity index (χ0v) is 29.3. The van der Waals surface area contributed by atoms with Gasteiger partial charge in [0.1, 0.15) is 11.9 Å². The van der Waals surface area contributed by atoms with Gasteiger partial charge in [0.25, 0.3) is 5.91 Å². The number of aliphatic hydroxyl groups excluding tert-OH is 1. The topological polar surface area (TPSA) is 166 Å². The van der Waals surface area contributed by atoms with Crippen molar-refractivity contribution in [3.8, 4) is 5.75 Å². The quantitative estimate of drug-likeness (QED) is 0.103. The lowest BCUT2D eigenvalue weighted by Crippen LogP contribution is -2.50. The Labute approximate surface area is 300 Å². The number of fused-ring (bicyclic) bond motifs is 1. The number of halogens is 3. The summed E-state index contributed by atoms with van der Waals surface area (Å²) in [6, 6.07) is 14.6. The monoisotopic (exact) mass is 726 g/mol. The number of benzene rings is 3. The molecule has 0 spiro atoms. The molecule has 0 unspecified atom stereocenters.